The zero-order chi connectivity index (χ0) is 13.3. The van der Waals surface area contributed by atoms with E-state index in [0.29, 0.717) is 0 Å². The molecule has 0 bridgehead atoms. The standard InChI is InChI=1S/C14H16N4/c1-10-16-13(18(4)17-10)11-5-7-12(8-6-11)14(2,3)9-15/h5-8H,1-4H3. The van der Waals surface area contributed by atoms with Crippen LogP contribution in [-0.4, -0.2) is 14.8 Å². The quantitative estimate of drug-likeness (QED) is 0.810. The van der Waals surface area contributed by atoms with Crippen molar-refractivity contribution < 1.29 is 0 Å². The van der Waals surface area contributed by atoms with Gasteiger partial charge >= 0.3 is 0 Å². The van der Waals surface area contributed by atoms with Gasteiger partial charge in [-0.15, -0.1) is 0 Å². The van der Waals surface area contributed by atoms with E-state index in [4.69, 9.17) is 5.26 Å². The highest BCUT2D eigenvalue weighted by molar-refractivity contribution is 5.56. The maximum Gasteiger partial charge on any atom is 0.158 e. The van der Waals surface area contributed by atoms with Crippen LogP contribution in [0.5, 0.6) is 0 Å². The normalized spacial score (nSPS) is 11.3. The van der Waals surface area contributed by atoms with Crippen molar-refractivity contribution in [2.75, 3.05) is 0 Å². The van der Waals surface area contributed by atoms with E-state index in [0.717, 1.165) is 22.8 Å². The van der Waals surface area contributed by atoms with Crippen LogP contribution in [0.3, 0.4) is 0 Å². The lowest BCUT2D eigenvalue weighted by Gasteiger charge is -2.15. The number of nitriles is 1. The second kappa shape index (κ2) is 4.26. The van der Waals surface area contributed by atoms with Gasteiger partial charge in [-0.3, -0.25) is 0 Å². The van der Waals surface area contributed by atoms with Crippen molar-refractivity contribution in [3.05, 3.63) is 35.7 Å². The van der Waals surface area contributed by atoms with E-state index in [2.05, 4.69) is 16.2 Å². The highest BCUT2D eigenvalue weighted by atomic mass is 15.3. The average Bonchev–Trinajstić information content (AvgIpc) is 2.69. The maximum absolute atomic E-state index is 9.10. The molecule has 92 valence electrons. The molecule has 0 fully saturated rings. The molecule has 0 aliphatic heterocycles. The second-order valence-electron chi connectivity index (χ2n) is 4.92. The molecule has 0 aliphatic rings. The first kappa shape index (κ1) is 12.3. The van der Waals surface area contributed by atoms with Crippen LogP contribution in [0, 0.1) is 18.3 Å². The van der Waals surface area contributed by atoms with Crippen LogP contribution < -0.4 is 0 Å². The highest BCUT2D eigenvalue weighted by Crippen LogP contribution is 2.25. The fourth-order valence-electron chi connectivity index (χ4n) is 1.86. The molecule has 1 heterocycles. The number of aromatic nitrogens is 3. The minimum atomic E-state index is -0.464. The Hall–Kier alpha value is -2.15. The average molecular weight is 240 g/mol. The molecule has 0 atom stereocenters. The van der Waals surface area contributed by atoms with Crippen molar-refractivity contribution in [1.82, 2.24) is 14.8 Å². The van der Waals surface area contributed by atoms with Gasteiger partial charge in [-0.1, -0.05) is 24.3 Å². The number of aryl methyl sites for hydroxylation is 2. The second-order valence-corrected chi connectivity index (χ2v) is 4.92. The molecule has 0 saturated carbocycles. The molecule has 2 rings (SSSR count). The van der Waals surface area contributed by atoms with Crippen LogP contribution in [0.2, 0.25) is 0 Å². The molecular weight excluding hydrogens is 224 g/mol. The summed E-state index contributed by atoms with van der Waals surface area (Å²) < 4.78 is 1.76. The number of nitrogens with zero attached hydrogens (tertiary/aromatic N) is 4. The van der Waals surface area contributed by atoms with E-state index in [9.17, 15) is 0 Å². The van der Waals surface area contributed by atoms with E-state index < -0.39 is 5.41 Å². The molecular formula is C14H16N4. The lowest BCUT2D eigenvalue weighted by atomic mass is 9.86. The smallest absolute Gasteiger partial charge is 0.158 e. The van der Waals surface area contributed by atoms with E-state index in [1.165, 1.54) is 0 Å². The molecule has 2 aromatic rings. The lowest BCUT2D eigenvalue weighted by molar-refractivity contribution is 0.687. The Morgan fingerprint density at radius 1 is 1.22 bits per heavy atom. The van der Waals surface area contributed by atoms with Gasteiger partial charge < -0.3 is 0 Å². The molecule has 0 spiro atoms. The van der Waals surface area contributed by atoms with E-state index >= 15 is 0 Å². The lowest BCUT2D eigenvalue weighted by Crippen LogP contribution is -2.13. The van der Waals surface area contributed by atoms with Gasteiger partial charge in [0.2, 0.25) is 0 Å². The Morgan fingerprint density at radius 2 is 1.83 bits per heavy atom. The van der Waals surface area contributed by atoms with Crippen molar-refractivity contribution in [2.45, 2.75) is 26.2 Å². The largest absolute Gasteiger partial charge is 0.249 e. The van der Waals surface area contributed by atoms with E-state index in [-0.39, 0.29) is 0 Å². The van der Waals surface area contributed by atoms with Gasteiger partial charge in [0.05, 0.1) is 11.5 Å². The molecule has 0 unspecified atom stereocenters. The summed E-state index contributed by atoms with van der Waals surface area (Å²) in [6.07, 6.45) is 0. The molecule has 4 nitrogen and oxygen atoms in total. The molecule has 1 aromatic heterocycles. The molecule has 0 N–H and O–H groups in total. The molecule has 0 aliphatic carbocycles. The Bertz CT molecular complexity index is 600. The Labute approximate surface area is 107 Å². The minimum absolute atomic E-state index is 0.464. The van der Waals surface area contributed by atoms with Crippen LogP contribution in [-0.2, 0) is 12.5 Å². The third kappa shape index (κ3) is 2.12. The molecule has 0 radical (unpaired) electrons. The van der Waals surface area contributed by atoms with Gasteiger partial charge in [-0.2, -0.15) is 10.4 Å². The summed E-state index contributed by atoms with van der Waals surface area (Å²) in [6.45, 7) is 5.69. The third-order valence-corrected chi connectivity index (χ3v) is 3.01. The fraction of sp³-hybridized carbons (Fsp3) is 0.357. The first-order chi connectivity index (χ1) is 8.44. The molecule has 18 heavy (non-hydrogen) atoms. The number of benzene rings is 1. The highest BCUT2D eigenvalue weighted by Gasteiger charge is 2.19. The summed E-state index contributed by atoms with van der Waals surface area (Å²) in [5.74, 6) is 1.60. The summed E-state index contributed by atoms with van der Waals surface area (Å²) >= 11 is 0. The maximum atomic E-state index is 9.10. The van der Waals surface area contributed by atoms with Crippen LogP contribution in [0.1, 0.15) is 25.2 Å². The number of hydrogen-bond acceptors (Lipinski definition) is 3. The summed E-state index contributed by atoms with van der Waals surface area (Å²) in [5.41, 5.74) is 1.55. The van der Waals surface area contributed by atoms with Crippen LogP contribution in [0.25, 0.3) is 11.4 Å². The fourth-order valence-corrected chi connectivity index (χ4v) is 1.86. The molecule has 0 amide bonds. The number of rotatable bonds is 2. The topological polar surface area (TPSA) is 54.5 Å². The SMILES string of the molecule is Cc1nc(-c2ccc(C(C)(C)C#N)cc2)n(C)n1. The monoisotopic (exact) mass is 240 g/mol. The van der Waals surface area contributed by atoms with E-state index in [1.54, 1.807) is 4.68 Å². The minimum Gasteiger partial charge on any atom is -0.249 e. The first-order valence-electron chi connectivity index (χ1n) is 5.84. The van der Waals surface area contributed by atoms with Crippen LogP contribution in [0.4, 0.5) is 0 Å². The summed E-state index contributed by atoms with van der Waals surface area (Å²) in [6, 6.07) is 10.2. The predicted molar refractivity (Wildman–Crippen MR) is 69.8 cm³/mol. The van der Waals surface area contributed by atoms with Gasteiger partial charge in [0.1, 0.15) is 5.82 Å². The summed E-state index contributed by atoms with van der Waals surface area (Å²) in [7, 11) is 1.88. The summed E-state index contributed by atoms with van der Waals surface area (Å²) in [5, 5.41) is 13.3. The first-order valence-corrected chi connectivity index (χ1v) is 5.84. The van der Waals surface area contributed by atoms with Gasteiger partial charge in [-0.25, -0.2) is 9.67 Å². The van der Waals surface area contributed by atoms with Crippen molar-refractivity contribution in [3.8, 4) is 17.5 Å². The van der Waals surface area contributed by atoms with Gasteiger partial charge in [0, 0.05) is 12.6 Å². The predicted octanol–water partition coefficient (Wildman–Crippen LogP) is 2.59. The third-order valence-electron chi connectivity index (χ3n) is 3.01. The van der Waals surface area contributed by atoms with Gasteiger partial charge in [0.15, 0.2) is 5.82 Å². The van der Waals surface area contributed by atoms with Crippen molar-refractivity contribution in [2.24, 2.45) is 7.05 Å². The Kier molecular flexibility index (Phi) is 2.92. The zero-order valence-corrected chi connectivity index (χ0v) is 11.1. The Morgan fingerprint density at radius 3 is 2.28 bits per heavy atom. The summed E-state index contributed by atoms with van der Waals surface area (Å²) in [4.78, 5) is 4.38. The van der Waals surface area contributed by atoms with Crippen molar-refractivity contribution >= 4 is 0 Å². The van der Waals surface area contributed by atoms with Crippen molar-refractivity contribution in [3.63, 3.8) is 0 Å². The van der Waals surface area contributed by atoms with Crippen LogP contribution in [0.15, 0.2) is 24.3 Å². The zero-order valence-electron chi connectivity index (χ0n) is 11.1. The Balaban J connectivity index is 2.40. The van der Waals surface area contributed by atoms with Crippen molar-refractivity contribution in [1.29, 1.82) is 5.26 Å². The van der Waals surface area contributed by atoms with E-state index in [1.807, 2.05) is 52.1 Å². The van der Waals surface area contributed by atoms with Gasteiger partial charge in [0.25, 0.3) is 0 Å². The molecule has 0 saturated heterocycles. The van der Waals surface area contributed by atoms with Gasteiger partial charge in [-0.05, 0) is 26.3 Å². The number of hydrogen-bond donors (Lipinski definition) is 0. The van der Waals surface area contributed by atoms with Crippen LogP contribution >= 0.6 is 0 Å². The molecule has 1 aromatic carbocycles. The molecule has 4 heteroatoms.